The third-order valence-corrected chi connectivity index (χ3v) is 6.55. The highest BCUT2D eigenvalue weighted by Gasteiger charge is 2.40. The van der Waals surface area contributed by atoms with Gasteiger partial charge < -0.3 is 5.32 Å². The molecule has 2 nitrogen and oxygen atoms in total. The van der Waals surface area contributed by atoms with E-state index < -0.39 is 18.4 Å². The molecule has 2 aliphatic carbocycles. The summed E-state index contributed by atoms with van der Waals surface area (Å²) in [6.45, 7) is 0.667. The standard InChI is InChI=1S/C24H25F2N.C4H7N/c1-3-22(24-20-11-7-4-8-16(20)12-13-21(24)26)27(2)23-15-18(25)14-17-9-5-6-10-19(17)23;1-3-4-5-2/h1,4-11,18,21-24H,12-15H2,2H3;1,5H,4H2,2H3. The number of benzene rings is 2. The second-order valence-electron chi connectivity index (χ2n) is 8.54. The highest BCUT2D eigenvalue weighted by Crippen LogP contribution is 2.42. The Morgan fingerprint density at radius 1 is 1.06 bits per heavy atom. The molecule has 0 amide bonds. The van der Waals surface area contributed by atoms with Crippen LogP contribution in [0.5, 0.6) is 0 Å². The number of rotatable bonds is 4. The molecule has 0 aliphatic heterocycles. The van der Waals surface area contributed by atoms with Gasteiger partial charge in [-0.1, -0.05) is 60.4 Å². The van der Waals surface area contributed by atoms with Crippen LogP contribution in [0, 0.1) is 24.7 Å². The van der Waals surface area contributed by atoms with Crippen LogP contribution in [-0.2, 0) is 12.8 Å². The lowest BCUT2D eigenvalue weighted by molar-refractivity contribution is 0.105. The molecule has 0 heterocycles. The zero-order valence-corrected chi connectivity index (χ0v) is 18.9. The molecule has 4 rings (SSSR count). The minimum absolute atomic E-state index is 0.132. The molecule has 5 unspecified atom stereocenters. The summed E-state index contributed by atoms with van der Waals surface area (Å²) in [4.78, 5) is 2.03. The van der Waals surface area contributed by atoms with Crippen molar-refractivity contribution >= 4 is 0 Å². The van der Waals surface area contributed by atoms with Crippen LogP contribution < -0.4 is 5.32 Å². The SMILES string of the molecule is C#CC(C1c2ccccc2CCC1F)N(C)C1CC(F)Cc2ccccc21.C#CCNC. The molecule has 32 heavy (non-hydrogen) atoms. The maximum atomic E-state index is 15.1. The summed E-state index contributed by atoms with van der Waals surface area (Å²) in [7, 11) is 3.74. The molecule has 2 aromatic carbocycles. The molecule has 0 bridgehead atoms. The Morgan fingerprint density at radius 2 is 1.72 bits per heavy atom. The van der Waals surface area contributed by atoms with E-state index in [0.29, 0.717) is 25.8 Å². The number of hydrogen-bond acceptors (Lipinski definition) is 2. The smallest absolute Gasteiger partial charge is 0.110 e. The van der Waals surface area contributed by atoms with Crippen molar-refractivity contribution in [2.75, 3.05) is 20.6 Å². The first kappa shape index (κ1) is 24.0. The van der Waals surface area contributed by atoms with Crippen molar-refractivity contribution in [1.82, 2.24) is 10.2 Å². The van der Waals surface area contributed by atoms with Gasteiger partial charge in [0, 0.05) is 18.4 Å². The molecule has 0 saturated heterocycles. The zero-order chi connectivity index (χ0) is 23.1. The first-order chi connectivity index (χ1) is 15.5. The number of halogens is 2. The van der Waals surface area contributed by atoms with Gasteiger partial charge in [0.05, 0.1) is 12.6 Å². The topological polar surface area (TPSA) is 15.3 Å². The fourth-order valence-corrected chi connectivity index (χ4v) is 5.02. The molecule has 168 valence electrons. The van der Waals surface area contributed by atoms with Gasteiger partial charge >= 0.3 is 0 Å². The van der Waals surface area contributed by atoms with Crippen molar-refractivity contribution in [1.29, 1.82) is 0 Å². The van der Waals surface area contributed by atoms with Gasteiger partial charge in [-0.3, -0.25) is 4.90 Å². The number of nitrogens with one attached hydrogen (secondary N) is 1. The maximum Gasteiger partial charge on any atom is 0.110 e. The number of alkyl halides is 2. The first-order valence-corrected chi connectivity index (χ1v) is 11.2. The van der Waals surface area contributed by atoms with Gasteiger partial charge in [-0.2, -0.15) is 0 Å². The van der Waals surface area contributed by atoms with E-state index in [4.69, 9.17) is 12.8 Å². The lowest BCUT2D eigenvalue weighted by Crippen LogP contribution is -2.45. The van der Waals surface area contributed by atoms with E-state index in [1.54, 1.807) is 0 Å². The molecule has 5 atom stereocenters. The minimum atomic E-state index is -0.983. The number of likely N-dealkylation sites (N-methyl/N-ethyl adjacent to an activating group) is 1. The normalized spacial score (nSPS) is 24.7. The van der Waals surface area contributed by atoms with E-state index in [1.165, 1.54) is 5.56 Å². The second-order valence-corrected chi connectivity index (χ2v) is 8.54. The van der Waals surface area contributed by atoms with Gasteiger partial charge in [0.1, 0.15) is 12.3 Å². The lowest BCUT2D eigenvalue weighted by Gasteiger charge is -2.42. The van der Waals surface area contributed by atoms with Gasteiger partial charge in [0.2, 0.25) is 0 Å². The molecule has 0 spiro atoms. The Hall–Kier alpha value is -2.66. The summed E-state index contributed by atoms with van der Waals surface area (Å²) in [6.07, 6.45) is 11.0. The summed E-state index contributed by atoms with van der Waals surface area (Å²) in [6, 6.07) is 15.4. The Bertz CT molecular complexity index is 974. The van der Waals surface area contributed by atoms with E-state index >= 15 is 4.39 Å². The van der Waals surface area contributed by atoms with Crippen LogP contribution in [0.3, 0.4) is 0 Å². The first-order valence-electron chi connectivity index (χ1n) is 11.2. The maximum absolute atomic E-state index is 15.1. The quantitative estimate of drug-likeness (QED) is 0.692. The van der Waals surface area contributed by atoms with Gasteiger partial charge in [0.25, 0.3) is 0 Å². The molecule has 0 fully saturated rings. The summed E-state index contributed by atoms with van der Waals surface area (Å²) >= 11 is 0. The number of nitrogens with zero attached hydrogens (tertiary/aromatic N) is 1. The van der Waals surface area contributed by atoms with E-state index in [-0.39, 0.29) is 12.0 Å². The summed E-state index contributed by atoms with van der Waals surface area (Å²) in [5, 5.41) is 2.78. The highest BCUT2D eigenvalue weighted by atomic mass is 19.1. The van der Waals surface area contributed by atoms with Gasteiger partial charge in [0.15, 0.2) is 0 Å². The number of hydrogen-bond donors (Lipinski definition) is 1. The van der Waals surface area contributed by atoms with E-state index in [1.807, 2.05) is 55.4 Å². The molecular weight excluding hydrogens is 402 g/mol. The Labute approximate surface area is 191 Å². The Kier molecular flexibility index (Phi) is 8.46. The molecule has 0 aromatic heterocycles. The van der Waals surface area contributed by atoms with Gasteiger partial charge in [-0.15, -0.1) is 12.8 Å². The molecular formula is C28H32F2N2. The van der Waals surface area contributed by atoms with Crippen molar-refractivity contribution in [3.8, 4) is 24.7 Å². The molecule has 2 aliphatic rings. The van der Waals surface area contributed by atoms with Crippen molar-refractivity contribution in [2.24, 2.45) is 0 Å². The van der Waals surface area contributed by atoms with Gasteiger partial charge in [-0.25, -0.2) is 8.78 Å². The largest absolute Gasteiger partial charge is 0.309 e. The summed E-state index contributed by atoms with van der Waals surface area (Å²) in [5.41, 5.74) is 4.34. The van der Waals surface area contributed by atoms with Gasteiger partial charge in [-0.05, 0) is 55.6 Å². The van der Waals surface area contributed by atoms with Crippen molar-refractivity contribution in [3.63, 3.8) is 0 Å². The van der Waals surface area contributed by atoms with Crippen LogP contribution in [0.4, 0.5) is 8.78 Å². The number of aryl methyl sites for hydroxylation is 1. The third kappa shape index (κ3) is 5.21. The van der Waals surface area contributed by atoms with Crippen molar-refractivity contribution in [2.45, 2.75) is 56.0 Å². The van der Waals surface area contributed by atoms with Crippen LogP contribution in [0.25, 0.3) is 0 Å². The Balaban J connectivity index is 0.000000523. The second kappa shape index (κ2) is 11.3. The molecule has 4 heteroatoms. The third-order valence-electron chi connectivity index (χ3n) is 6.55. The van der Waals surface area contributed by atoms with E-state index in [2.05, 4.69) is 29.3 Å². The van der Waals surface area contributed by atoms with E-state index in [0.717, 1.165) is 23.1 Å². The monoisotopic (exact) mass is 434 g/mol. The van der Waals surface area contributed by atoms with Crippen molar-refractivity contribution in [3.05, 3.63) is 70.8 Å². The van der Waals surface area contributed by atoms with Crippen LogP contribution in [0.1, 0.15) is 47.1 Å². The van der Waals surface area contributed by atoms with Crippen LogP contribution >= 0.6 is 0 Å². The summed E-state index contributed by atoms with van der Waals surface area (Å²) < 4.78 is 29.5. The lowest BCUT2D eigenvalue weighted by atomic mass is 9.76. The average Bonchev–Trinajstić information content (AvgIpc) is 2.81. The predicted octanol–water partition coefficient (Wildman–Crippen LogP) is 4.85. The van der Waals surface area contributed by atoms with E-state index in [9.17, 15) is 4.39 Å². The Morgan fingerprint density at radius 3 is 2.34 bits per heavy atom. The van der Waals surface area contributed by atoms with Crippen LogP contribution in [0.15, 0.2) is 48.5 Å². The van der Waals surface area contributed by atoms with Crippen LogP contribution in [-0.4, -0.2) is 43.9 Å². The number of terminal acetylenes is 2. The van der Waals surface area contributed by atoms with Crippen molar-refractivity contribution < 1.29 is 8.78 Å². The highest BCUT2D eigenvalue weighted by molar-refractivity contribution is 5.38. The van der Waals surface area contributed by atoms with Crippen LogP contribution in [0.2, 0.25) is 0 Å². The molecule has 1 N–H and O–H groups in total. The molecule has 0 saturated carbocycles. The minimum Gasteiger partial charge on any atom is -0.309 e. The fraction of sp³-hybridized carbons (Fsp3) is 0.429. The number of fused-ring (bicyclic) bond motifs is 2. The molecule has 0 radical (unpaired) electrons. The fourth-order valence-electron chi connectivity index (χ4n) is 5.02. The average molecular weight is 435 g/mol. The molecule has 2 aromatic rings. The predicted molar refractivity (Wildman–Crippen MR) is 128 cm³/mol. The zero-order valence-electron chi connectivity index (χ0n) is 18.9. The summed E-state index contributed by atoms with van der Waals surface area (Å²) in [5.74, 6) is 4.88.